The van der Waals surface area contributed by atoms with Gasteiger partial charge < -0.3 is 9.80 Å². The van der Waals surface area contributed by atoms with Crippen molar-refractivity contribution in [2.75, 3.05) is 26.2 Å². The summed E-state index contributed by atoms with van der Waals surface area (Å²) in [5.74, 6) is 0.199. The molecule has 2 aliphatic rings. The van der Waals surface area contributed by atoms with Crippen molar-refractivity contribution in [3.05, 3.63) is 28.3 Å². The fourth-order valence-corrected chi connectivity index (χ4v) is 5.39. The van der Waals surface area contributed by atoms with E-state index in [1.165, 1.54) is 37.0 Å². The fourth-order valence-electron chi connectivity index (χ4n) is 4.29. The molecule has 2 saturated heterocycles. The van der Waals surface area contributed by atoms with Crippen LogP contribution in [0.5, 0.6) is 0 Å². The molecule has 150 valence electrons. The van der Waals surface area contributed by atoms with Crippen LogP contribution >= 0.6 is 11.3 Å². The van der Waals surface area contributed by atoms with Crippen LogP contribution in [0.1, 0.15) is 77.0 Å². The number of rotatable bonds is 2. The van der Waals surface area contributed by atoms with Crippen LogP contribution in [0.2, 0.25) is 0 Å². The number of hydrogen-bond acceptors (Lipinski definition) is 4. The standard InChI is InChI=1S/C22H29N3O2S/c1-16-18-14-17(21(26)24-10-6-2-3-7-11-24)15-23-20(18)28-19(16)22(27)25-12-8-4-5-9-13-25/h14-15H,2-13H2,1H3. The quantitative estimate of drug-likeness (QED) is 0.739. The number of pyridine rings is 1. The van der Waals surface area contributed by atoms with Gasteiger partial charge in [0, 0.05) is 37.8 Å². The fraction of sp³-hybridized carbons (Fsp3) is 0.591. The summed E-state index contributed by atoms with van der Waals surface area (Å²) in [5.41, 5.74) is 1.61. The smallest absolute Gasteiger partial charge is 0.264 e. The molecule has 2 aliphatic heterocycles. The number of amides is 2. The van der Waals surface area contributed by atoms with Crippen LogP contribution in [0.4, 0.5) is 0 Å². The minimum atomic E-state index is 0.0716. The molecule has 0 N–H and O–H groups in total. The number of thiophene rings is 1. The number of hydrogen-bond donors (Lipinski definition) is 0. The maximum Gasteiger partial charge on any atom is 0.264 e. The highest BCUT2D eigenvalue weighted by atomic mass is 32.1. The predicted molar refractivity (Wildman–Crippen MR) is 113 cm³/mol. The van der Waals surface area contributed by atoms with Crippen LogP contribution in [0.3, 0.4) is 0 Å². The molecule has 0 spiro atoms. The first-order valence-electron chi connectivity index (χ1n) is 10.6. The Bertz CT molecular complexity index is 860. The molecule has 4 heterocycles. The zero-order valence-electron chi connectivity index (χ0n) is 16.7. The maximum absolute atomic E-state index is 13.1. The molecule has 5 nitrogen and oxygen atoms in total. The van der Waals surface area contributed by atoms with Gasteiger partial charge in [0.1, 0.15) is 4.83 Å². The van der Waals surface area contributed by atoms with Crippen LogP contribution in [-0.2, 0) is 0 Å². The molecule has 28 heavy (non-hydrogen) atoms. The normalized spacial score (nSPS) is 18.8. The molecule has 0 atom stereocenters. The Morgan fingerprint density at radius 2 is 1.39 bits per heavy atom. The molecule has 0 radical (unpaired) electrons. The topological polar surface area (TPSA) is 53.5 Å². The lowest BCUT2D eigenvalue weighted by molar-refractivity contribution is 0.0756. The van der Waals surface area contributed by atoms with Crippen LogP contribution in [0, 0.1) is 6.92 Å². The second-order valence-electron chi connectivity index (χ2n) is 8.05. The van der Waals surface area contributed by atoms with Crippen molar-refractivity contribution < 1.29 is 9.59 Å². The minimum Gasteiger partial charge on any atom is -0.339 e. The molecule has 6 heteroatoms. The van der Waals surface area contributed by atoms with Gasteiger partial charge in [0.2, 0.25) is 0 Å². The molecule has 4 rings (SSSR count). The van der Waals surface area contributed by atoms with Gasteiger partial charge in [0.25, 0.3) is 11.8 Å². The number of aromatic nitrogens is 1. The lowest BCUT2D eigenvalue weighted by Crippen LogP contribution is -2.31. The average Bonchev–Trinajstić information content (AvgIpc) is 2.98. The molecule has 0 saturated carbocycles. The van der Waals surface area contributed by atoms with E-state index in [2.05, 4.69) is 4.98 Å². The van der Waals surface area contributed by atoms with Gasteiger partial charge in [-0.25, -0.2) is 4.98 Å². The van der Waals surface area contributed by atoms with E-state index in [0.29, 0.717) is 5.56 Å². The summed E-state index contributed by atoms with van der Waals surface area (Å²) in [6.07, 6.45) is 10.8. The molecule has 0 aromatic carbocycles. The average molecular weight is 400 g/mol. The highest BCUT2D eigenvalue weighted by Gasteiger charge is 2.24. The number of fused-ring (bicyclic) bond motifs is 1. The zero-order chi connectivity index (χ0) is 19.5. The molecule has 2 aromatic heterocycles. The highest BCUT2D eigenvalue weighted by molar-refractivity contribution is 7.20. The van der Waals surface area contributed by atoms with Crippen molar-refractivity contribution in [2.45, 2.75) is 58.3 Å². The first-order valence-corrected chi connectivity index (χ1v) is 11.4. The lowest BCUT2D eigenvalue weighted by Gasteiger charge is -2.20. The largest absolute Gasteiger partial charge is 0.339 e. The summed E-state index contributed by atoms with van der Waals surface area (Å²) in [4.78, 5) is 36.2. The second kappa shape index (κ2) is 8.60. The van der Waals surface area contributed by atoms with E-state index in [0.717, 1.165) is 72.5 Å². The summed E-state index contributed by atoms with van der Waals surface area (Å²) < 4.78 is 0. The Morgan fingerprint density at radius 1 is 0.857 bits per heavy atom. The van der Waals surface area contributed by atoms with Gasteiger partial charge in [0.05, 0.1) is 10.4 Å². The van der Waals surface area contributed by atoms with Gasteiger partial charge in [-0.15, -0.1) is 11.3 Å². The van der Waals surface area contributed by atoms with E-state index in [9.17, 15) is 9.59 Å². The van der Waals surface area contributed by atoms with Crippen molar-refractivity contribution in [3.63, 3.8) is 0 Å². The van der Waals surface area contributed by atoms with E-state index in [1.807, 2.05) is 22.8 Å². The van der Waals surface area contributed by atoms with Gasteiger partial charge in [0.15, 0.2) is 0 Å². The number of carbonyl (C=O) groups excluding carboxylic acids is 2. The molecule has 0 aliphatic carbocycles. The molecular weight excluding hydrogens is 370 g/mol. The van der Waals surface area contributed by atoms with Crippen molar-refractivity contribution >= 4 is 33.4 Å². The molecule has 2 fully saturated rings. The first kappa shape index (κ1) is 19.4. The predicted octanol–water partition coefficient (Wildman–Crippen LogP) is 4.64. The van der Waals surface area contributed by atoms with E-state index in [4.69, 9.17) is 0 Å². The molecule has 2 aromatic rings. The summed E-state index contributed by atoms with van der Waals surface area (Å²) >= 11 is 1.46. The minimum absolute atomic E-state index is 0.0716. The third-order valence-electron chi connectivity index (χ3n) is 6.02. The Morgan fingerprint density at radius 3 is 1.96 bits per heavy atom. The lowest BCUT2D eigenvalue weighted by atomic mass is 10.1. The van der Waals surface area contributed by atoms with E-state index in [1.54, 1.807) is 6.20 Å². The van der Waals surface area contributed by atoms with Gasteiger partial charge in [-0.1, -0.05) is 25.7 Å². The monoisotopic (exact) mass is 399 g/mol. The summed E-state index contributed by atoms with van der Waals surface area (Å²) in [6.45, 7) is 5.35. The molecule has 0 unspecified atom stereocenters. The second-order valence-corrected chi connectivity index (χ2v) is 9.04. The Kier molecular flexibility index (Phi) is 5.95. The van der Waals surface area contributed by atoms with Crippen molar-refractivity contribution in [1.82, 2.24) is 14.8 Å². The molecule has 0 bridgehead atoms. The number of likely N-dealkylation sites (tertiary alicyclic amines) is 2. The van der Waals surface area contributed by atoms with E-state index < -0.39 is 0 Å². The zero-order valence-corrected chi connectivity index (χ0v) is 17.5. The van der Waals surface area contributed by atoms with Gasteiger partial charge in [-0.05, 0) is 44.2 Å². The van der Waals surface area contributed by atoms with Crippen molar-refractivity contribution in [1.29, 1.82) is 0 Å². The third-order valence-corrected chi connectivity index (χ3v) is 7.23. The SMILES string of the molecule is Cc1c(C(=O)N2CCCCCC2)sc2ncc(C(=O)N3CCCCCC3)cc12. The van der Waals surface area contributed by atoms with Crippen LogP contribution in [-0.4, -0.2) is 52.8 Å². The Labute approximate surface area is 170 Å². The van der Waals surface area contributed by atoms with E-state index >= 15 is 0 Å². The number of nitrogens with zero attached hydrogens (tertiary/aromatic N) is 3. The van der Waals surface area contributed by atoms with Crippen molar-refractivity contribution in [3.8, 4) is 0 Å². The van der Waals surface area contributed by atoms with Gasteiger partial charge in [-0.2, -0.15) is 0 Å². The van der Waals surface area contributed by atoms with Crippen LogP contribution < -0.4 is 0 Å². The number of aryl methyl sites for hydroxylation is 1. The van der Waals surface area contributed by atoms with E-state index in [-0.39, 0.29) is 11.8 Å². The van der Waals surface area contributed by atoms with Crippen molar-refractivity contribution in [2.24, 2.45) is 0 Å². The summed E-state index contributed by atoms with van der Waals surface area (Å²) in [5, 5.41) is 0.948. The number of carbonyl (C=O) groups is 2. The van der Waals surface area contributed by atoms with Crippen LogP contribution in [0.15, 0.2) is 12.3 Å². The van der Waals surface area contributed by atoms with Gasteiger partial charge in [-0.3, -0.25) is 9.59 Å². The third kappa shape index (κ3) is 3.93. The maximum atomic E-state index is 13.1. The Hall–Kier alpha value is -1.95. The first-order chi connectivity index (χ1) is 13.6. The van der Waals surface area contributed by atoms with Gasteiger partial charge >= 0.3 is 0 Å². The molecule has 2 amide bonds. The summed E-state index contributed by atoms with van der Waals surface area (Å²) in [6, 6.07) is 1.95. The molecular formula is C22H29N3O2S. The Balaban J connectivity index is 1.60. The highest BCUT2D eigenvalue weighted by Crippen LogP contribution is 2.31. The van der Waals surface area contributed by atoms with Crippen LogP contribution in [0.25, 0.3) is 10.2 Å². The summed E-state index contributed by atoms with van der Waals surface area (Å²) in [7, 11) is 0.